The molecule has 2 aromatic rings. The van der Waals surface area contributed by atoms with Gasteiger partial charge in [-0.25, -0.2) is 0 Å². The first-order valence-corrected chi connectivity index (χ1v) is 8.12. The van der Waals surface area contributed by atoms with Crippen LogP contribution in [0.2, 0.25) is 0 Å². The van der Waals surface area contributed by atoms with E-state index in [1.165, 1.54) is 14.0 Å². The number of rotatable bonds is 7. The maximum atomic E-state index is 12.3. The fourth-order valence-corrected chi connectivity index (χ4v) is 2.51. The molecular formula is C20H21NO5. The van der Waals surface area contributed by atoms with Gasteiger partial charge in [-0.3, -0.25) is 14.4 Å². The quantitative estimate of drug-likeness (QED) is 0.744. The molecule has 0 bridgehead atoms. The van der Waals surface area contributed by atoms with Gasteiger partial charge in [-0.15, -0.1) is 0 Å². The summed E-state index contributed by atoms with van der Waals surface area (Å²) >= 11 is 0. The van der Waals surface area contributed by atoms with Crippen LogP contribution in [0.5, 0.6) is 5.75 Å². The van der Waals surface area contributed by atoms with Crippen LogP contribution in [0.3, 0.4) is 0 Å². The van der Waals surface area contributed by atoms with E-state index in [2.05, 4.69) is 5.32 Å². The van der Waals surface area contributed by atoms with E-state index in [1.807, 2.05) is 0 Å². The third kappa shape index (κ3) is 4.69. The van der Waals surface area contributed by atoms with Crippen molar-refractivity contribution in [2.75, 3.05) is 12.4 Å². The van der Waals surface area contributed by atoms with Gasteiger partial charge in [-0.2, -0.15) is 0 Å². The van der Waals surface area contributed by atoms with Crippen molar-refractivity contribution in [3.05, 3.63) is 59.2 Å². The molecule has 1 amide bonds. The molecule has 2 aromatic carbocycles. The van der Waals surface area contributed by atoms with Gasteiger partial charge >= 0.3 is 5.97 Å². The first kappa shape index (κ1) is 19.2. The van der Waals surface area contributed by atoms with Gasteiger partial charge in [0.05, 0.1) is 19.4 Å². The van der Waals surface area contributed by atoms with Crippen molar-refractivity contribution >= 4 is 23.3 Å². The molecule has 0 aliphatic carbocycles. The summed E-state index contributed by atoms with van der Waals surface area (Å²) in [4.78, 5) is 34.8. The highest BCUT2D eigenvalue weighted by molar-refractivity contribution is 5.96. The van der Waals surface area contributed by atoms with Crippen LogP contribution in [0.4, 0.5) is 5.69 Å². The number of aliphatic carboxylic acids is 1. The van der Waals surface area contributed by atoms with Crippen LogP contribution < -0.4 is 10.1 Å². The largest absolute Gasteiger partial charge is 0.496 e. The lowest BCUT2D eigenvalue weighted by atomic mass is 10.0. The second-order valence-corrected chi connectivity index (χ2v) is 5.99. The van der Waals surface area contributed by atoms with Crippen molar-refractivity contribution in [1.29, 1.82) is 0 Å². The van der Waals surface area contributed by atoms with Crippen LogP contribution in [0.15, 0.2) is 42.5 Å². The highest BCUT2D eigenvalue weighted by atomic mass is 16.5. The molecule has 0 saturated heterocycles. The number of ketones is 1. The number of carbonyl (C=O) groups is 3. The van der Waals surface area contributed by atoms with Gasteiger partial charge in [-0.1, -0.05) is 12.1 Å². The molecule has 26 heavy (non-hydrogen) atoms. The zero-order chi connectivity index (χ0) is 19.3. The summed E-state index contributed by atoms with van der Waals surface area (Å²) in [5.41, 5.74) is 2.36. The van der Waals surface area contributed by atoms with Gasteiger partial charge in [-0.05, 0) is 49.7 Å². The predicted octanol–water partition coefficient (Wildman–Crippen LogP) is 3.27. The Hall–Kier alpha value is -3.15. The molecular weight excluding hydrogens is 334 g/mol. The lowest BCUT2D eigenvalue weighted by Gasteiger charge is -2.11. The number of methoxy groups -OCH3 is 1. The zero-order valence-corrected chi connectivity index (χ0v) is 14.9. The number of hydrogen-bond donors (Lipinski definition) is 2. The minimum absolute atomic E-state index is 0.0531. The number of Topliss-reactive ketones (excluding diaryl/α,β-unsaturated/α-hetero) is 1. The van der Waals surface area contributed by atoms with Gasteiger partial charge in [0.1, 0.15) is 5.75 Å². The van der Waals surface area contributed by atoms with E-state index in [9.17, 15) is 14.4 Å². The smallest absolute Gasteiger partial charge is 0.310 e. The van der Waals surface area contributed by atoms with E-state index in [0.29, 0.717) is 28.1 Å². The number of hydrogen-bond acceptors (Lipinski definition) is 4. The Morgan fingerprint density at radius 3 is 2.31 bits per heavy atom. The van der Waals surface area contributed by atoms with Gasteiger partial charge < -0.3 is 15.2 Å². The number of nitrogens with one attached hydrogen (secondary N) is 1. The van der Waals surface area contributed by atoms with Crippen molar-refractivity contribution in [2.45, 2.75) is 26.2 Å². The zero-order valence-electron chi connectivity index (χ0n) is 14.9. The third-order valence-electron chi connectivity index (χ3n) is 4.10. The fourth-order valence-electron chi connectivity index (χ4n) is 2.51. The highest BCUT2D eigenvalue weighted by Crippen LogP contribution is 2.22. The number of ether oxygens (including phenoxy) is 1. The molecule has 0 spiro atoms. The SMILES string of the molecule is COc1ccc(C(C)=O)cc1CC(=O)Nc1ccc(C(C)C(=O)O)cc1. The number of carboxylic acids is 1. The first-order chi connectivity index (χ1) is 12.3. The summed E-state index contributed by atoms with van der Waals surface area (Å²) in [6, 6.07) is 11.6. The van der Waals surface area contributed by atoms with Crippen LogP contribution in [0.1, 0.15) is 41.3 Å². The van der Waals surface area contributed by atoms with Gasteiger partial charge in [0, 0.05) is 16.8 Å². The molecule has 0 fully saturated rings. The summed E-state index contributed by atoms with van der Waals surface area (Å²) in [5, 5.41) is 11.8. The van der Waals surface area contributed by atoms with Crippen molar-refractivity contribution in [3.8, 4) is 5.75 Å². The summed E-state index contributed by atoms with van der Waals surface area (Å²) in [6.07, 6.45) is 0.0531. The molecule has 6 heteroatoms. The predicted molar refractivity (Wildman–Crippen MR) is 97.8 cm³/mol. The Bertz CT molecular complexity index is 827. The third-order valence-corrected chi connectivity index (χ3v) is 4.10. The molecule has 2 N–H and O–H groups in total. The average molecular weight is 355 g/mol. The molecule has 0 heterocycles. The second-order valence-electron chi connectivity index (χ2n) is 5.99. The summed E-state index contributed by atoms with van der Waals surface area (Å²) in [6.45, 7) is 3.07. The number of carbonyl (C=O) groups excluding carboxylic acids is 2. The van der Waals surface area contributed by atoms with E-state index >= 15 is 0 Å². The van der Waals surface area contributed by atoms with E-state index in [4.69, 9.17) is 9.84 Å². The van der Waals surface area contributed by atoms with E-state index in [0.717, 1.165) is 0 Å². The summed E-state index contributed by atoms with van der Waals surface area (Å²) < 4.78 is 5.25. The van der Waals surface area contributed by atoms with Crippen molar-refractivity contribution in [2.24, 2.45) is 0 Å². The molecule has 1 unspecified atom stereocenters. The molecule has 1 atom stereocenters. The van der Waals surface area contributed by atoms with Crippen molar-refractivity contribution < 1.29 is 24.2 Å². The molecule has 6 nitrogen and oxygen atoms in total. The van der Waals surface area contributed by atoms with Crippen LogP contribution in [-0.2, 0) is 16.0 Å². The maximum Gasteiger partial charge on any atom is 0.310 e. The molecule has 2 rings (SSSR count). The van der Waals surface area contributed by atoms with E-state index in [1.54, 1.807) is 49.4 Å². The lowest BCUT2D eigenvalue weighted by molar-refractivity contribution is -0.138. The highest BCUT2D eigenvalue weighted by Gasteiger charge is 2.14. The molecule has 0 aromatic heterocycles. The normalized spacial score (nSPS) is 11.5. The van der Waals surface area contributed by atoms with Crippen LogP contribution in [0, 0.1) is 0 Å². The second kappa shape index (κ2) is 8.29. The van der Waals surface area contributed by atoms with Gasteiger partial charge in [0.25, 0.3) is 0 Å². The van der Waals surface area contributed by atoms with Crippen molar-refractivity contribution in [3.63, 3.8) is 0 Å². The minimum Gasteiger partial charge on any atom is -0.496 e. The Labute approximate surface area is 151 Å². The molecule has 0 aliphatic heterocycles. The van der Waals surface area contributed by atoms with Gasteiger partial charge in [0.2, 0.25) is 5.91 Å². The number of amides is 1. The molecule has 136 valence electrons. The van der Waals surface area contributed by atoms with Gasteiger partial charge in [0.15, 0.2) is 5.78 Å². The van der Waals surface area contributed by atoms with E-state index in [-0.39, 0.29) is 18.1 Å². The minimum atomic E-state index is -0.903. The Kier molecular flexibility index (Phi) is 6.11. The Morgan fingerprint density at radius 2 is 1.77 bits per heavy atom. The Morgan fingerprint density at radius 1 is 1.12 bits per heavy atom. The standard InChI is InChI=1S/C20H21NO5/c1-12(20(24)25)14-4-7-17(8-5-14)21-19(23)11-16-10-15(13(2)22)6-9-18(16)26-3/h4-10,12H,11H2,1-3H3,(H,21,23)(H,24,25). The molecule has 0 aliphatic rings. The van der Waals surface area contributed by atoms with E-state index < -0.39 is 11.9 Å². The van der Waals surface area contributed by atoms with Crippen molar-refractivity contribution in [1.82, 2.24) is 0 Å². The Balaban J connectivity index is 2.10. The number of carboxylic acid groups (broad SMARTS) is 1. The van der Waals surface area contributed by atoms with Crippen LogP contribution in [-0.4, -0.2) is 29.9 Å². The maximum absolute atomic E-state index is 12.3. The number of benzene rings is 2. The summed E-state index contributed by atoms with van der Waals surface area (Å²) in [5.74, 6) is -1.33. The number of anilines is 1. The molecule has 0 radical (unpaired) electrons. The fraction of sp³-hybridized carbons (Fsp3) is 0.250. The van der Waals surface area contributed by atoms with Crippen LogP contribution in [0.25, 0.3) is 0 Å². The monoisotopic (exact) mass is 355 g/mol. The van der Waals surface area contributed by atoms with Crippen LogP contribution >= 0.6 is 0 Å². The lowest BCUT2D eigenvalue weighted by Crippen LogP contribution is -2.15. The molecule has 0 saturated carbocycles. The topological polar surface area (TPSA) is 92.7 Å². The first-order valence-electron chi connectivity index (χ1n) is 8.12. The summed E-state index contributed by atoms with van der Waals surface area (Å²) in [7, 11) is 1.51. The average Bonchev–Trinajstić information content (AvgIpc) is 2.61.